The van der Waals surface area contributed by atoms with E-state index in [1.165, 1.54) is 22.2 Å². The molecule has 0 bridgehead atoms. The van der Waals surface area contributed by atoms with Crippen LogP contribution in [0.2, 0.25) is 0 Å². The molecule has 2 aromatic heterocycles. The molecule has 0 aliphatic rings. The standard InChI is InChI=1S/C22H19N3O3S/c1-28-19-8-7-17(12-16(19)11-15-5-3-2-4-6-15)24-20(26)13-25-14-23-21-18(22(25)27)9-10-29-21/h2-10,12,14H,11,13H2,1H3,(H,24,26). The Hall–Kier alpha value is -3.45. The van der Waals surface area contributed by atoms with E-state index in [2.05, 4.69) is 10.3 Å². The minimum Gasteiger partial charge on any atom is -0.496 e. The van der Waals surface area contributed by atoms with Gasteiger partial charge in [0.2, 0.25) is 5.91 Å². The van der Waals surface area contributed by atoms with Gasteiger partial charge in [-0.25, -0.2) is 4.98 Å². The number of methoxy groups -OCH3 is 1. The zero-order valence-electron chi connectivity index (χ0n) is 15.8. The van der Waals surface area contributed by atoms with E-state index in [0.29, 0.717) is 22.3 Å². The van der Waals surface area contributed by atoms with Gasteiger partial charge < -0.3 is 10.1 Å². The lowest BCUT2D eigenvalue weighted by Crippen LogP contribution is -2.27. The third-order valence-corrected chi connectivity index (χ3v) is 5.39. The maximum absolute atomic E-state index is 12.5. The van der Waals surface area contributed by atoms with Gasteiger partial charge in [0.1, 0.15) is 17.1 Å². The van der Waals surface area contributed by atoms with Crippen LogP contribution >= 0.6 is 11.3 Å². The van der Waals surface area contributed by atoms with Crippen LogP contribution in [0.5, 0.6) is 5.75 Å². The van der Waals surface area contributed by atoms with Crippen LogP contribution in [0.15, 0.2) is 71.1 Å². The molecule has 0 aliphatic heterocycles. The van der Waals surface area contributed by atoms with E-state index in [1.54, 1.807) is 19.2 Å². The second-order valence-electron chi connectivity index (χ2n) is 6.55. The molecule has 0 spiro atoms. The van der Waals surface area contributed by atoms with Gasteiger partial charge in [-0.15, -0.1) is 11.3 Å². The largest absolute Gasteiger partial charge is 0.496 e. The van der Waals surface area contributed by atoms with Gasteiger partial charge in [0.15, 0.2) is 0 Å². The van der Waals surface area contributed by atoms with Crippen LogP contribution in [-0.2, 0) is 17.8 Å². The zero-order chi connectivity index (χ0) is 20.2. The fourth-order valence-corrected chi connectivity index (χ4v) is 3.89. The quantitative estimate of drug-likeness (QED) is 0.531. The summed E-state index contributed by atoms with van der Waals surface area (Å²) in [5, 5.41) is 5.20. The number of carbonyl (C=O) groups excluding carboxylic acids is 1. The number of ether oxygens (including phenoxy) is 1. The van der Waals surface area contributed by atoms with Gasteiger partial charge in [0.25, 0.3) is 5.56 Å². The first-order valence-electron chi connectivity index (χ1n) is 9.07. The van der Waals surface area contributed by atoms with Crippen molar-refractivity contribution in [2.75, 3.05) is 12.4 Å². The Bertz CT molecular complexity index is 1210. The Balaban J connectivity index is 1.52. The molecule has 4 rings (SSSR count). The van der Waals surface area contributed by atoms with Crippen molar-refractivity contribution in [3.8, 4) is 5.75 Å². The number of nitrogens with zero attached hydrogens (tertiary/aromatic N) is 2. The molecule has 29 heavy (non-hydrogen) atoms. The minimum atomic E-state index is -0.292. The third kappa shape index (κ3) is 4.20. The zero-order valence-corrected chi connectivity index (χ0v) is 16.6. The van der Waals surface area contributed by atoms with Crippen molar-refractivity contribution in [3.05, 3.63) is 87.8 Å². The highest BCUT2D eigenvalue weighted by molar-refractivity contribution is 7.16. The molecule has 1 N–H and O–H groups in total. The summed E-state index contributed by atoms with van der Waals surface area (Å²) in [4.78, 5) is 29.9. The molecule has 0 aliphatic carbocycles. The second-order valence-corrected chi connectivity index (χ2v) is 7.45. The average molecular weight is 405 g/mol. The summed E-state index contributed by atoms with van der Waals surface area (Å²) in [7, 11) is 1.63. The van der Waals surface area contributed by atoms with Crippen molar-refractivity contribution in [3.63, 3.8) is 0 Å². The van der Waals surface area contributed by atoms with Crippen LogP contribution in [0, 0.1) is 0 Å². The first-order valence-corrected chi connectivity index (χ1v) is 9.95. The summed E-state index contributed by atoms with van der Waals surface area (Å²) in [5.41, 5.74) is 2.55. The van der Waals surface area contributed by atoms with Crippen molar-refractivity contribution >= 4 is 33.1 Å². The van der Waals surface area contributed by atoms with Crippen LogP contribution < -0.4 is 15.6 Å². The molecule has 0 saturated heterocycles. The van der Waals surface area contributed by atoms with E-state index in [4.69, 9.17) is 4.74 Å². The van der Waals surface area contributed by atoms with Gasteiger partial charge >= 0.3 is 0 Å². The van der Waals surface area contributed by atoms with Crippen molar-refractivity contribution in [1.29, 1.82) is 0 Å². The van der Waals surface area contributed by atoms with Crippen LogP contribution in [0.4, 0.5) is 5.69 Å². The Morgan fingerprint density at radius 1 is 1.17 bits per heavy atom. The van der Waals surface area contributed by atoms with E-state index in [1.807, 2.05) is 47.8 Å². The van der Waals surface area contributed by atoms with Crippen LogP contribution in [-0.4, -0.2) is 22.6 Å². The van der Waals surface area contributed by atoms with Gasteiger partial charge in [0.05, 0.1) is 18.8 Å². The molecule has 0 fully saturated rings. The number of hydrogen-bond donors (Lipinski definition) is 1. The number of amides is 1. The molecular formula is C22H19N3O3S. The summed E-state index contributed by atoms with van der Waals surface area (Å²) in [6, 6.07) is 17.3. The molecule has 1 amide bonds. The van der Waals surface area contributed by atoms with Crippen LogP contribution in [0.3, 0.4) is 0 Å². The molecule has 0 radical (unpaired) electrons. The molecule has 4 aromatic rings. The number of benzene rings is 2. The third-order valence-electron chi connectivity index (χ3n) is 4.57. The van der Waals surface area contributed by atoms with Crippen molar-refractivity contribution in [2.45, 2.75) is 13.0 Å². The van der Waals surface area contributed by atoms with Crippen LogP contribution in [0.25, 0.3) is 10.2 Å². The highest BCUT2D eigenvalue weighted by Crippen LogP contribution is 2.25. The Kier molecular flexibility index (Phi) is 5.39. The topological polar surface area (TPSA) is 73.2 Å². The maximum Gasteiger partial charge on any atom is 0.262 e. The predicted molar refractivity (Wildman–Crippen MR) is 115 cm³/mol. The van der Waals surface area contributed by atoms with E-state index < -0.39 is 0 Å². The van der Waals surface area contributed by atoms with E-state index >= 15 is 0 Å². The first kappa shape index (κ1) is 18.9. The first-order chi connectivity index (χ1) is 14.1. The van der Waals surface area contributed by atoms with Crippen molar-refractivity contribution in [2.24, 2.45) is 0 Å². The van der Waals surface area contributed by atoms with E-state index in [0.717, 1.165) is 16.9 Å². The number of anilines is 1. The normalized spacial score (nSPS) is 10.8. The number of fused-ring (bicyclic) bond motifs is 1. The summed E-state index contributed by atoms with van der Waals surface area (Å²) in [5.74, 6) is 0.467. The molecule has 146 valence electrons. The lowest BCUT2D eigenvalue weighted by molar-refractivity contribution is -0.116. The Morgan fingerprint density at radius 3 is 2.79 bits per heavy atom. The molecule has 7 heteroatoms. The summed E-state index contributed by atoms with van der Waals surface area (Å²) in [6.07, 6.45) is 2.10. The smallest absolute Gasteiger partial charge is 0.262 e. The predicted octanol–water partition coefficient (Wildman–Crippen LogP) is 3.70. The molecule has 0 unspecified atom stereocenters. The second kappa shape index (κ2) is 8.28. The SMILES string of the molecule is COc1ccc(NC(=O)Cn2cnc3sccc3c2=O)cc1Cc1ccccc1. The van der Waals surface area contributed by atoms with Gasteiger partial charge in [-0.05, 0) is 35.2 Å². The molecule has 6 nitrogen and oxygen atoms in total. The molecule has 2 heterocycles. The highest BCUT2D eigenvalue weighted by atomic mass is 32.1. The van der Waals surface area contributed by atoms with Gasteiger partial charge in [-0.1, -0.05) is 30.3 Å². The Morgan fingerprint density at radius 2 is 2.00 bits per heavy atom. The van der Waals surface area contributed by atoms with Crippen molar-refractivity contribution in [1.82, 2.24) is 9.55 Å². The average Bonchev–Trinajstić information content (AvgIpc) is 3.21. The Labute approximate surface area is 171 Å². The molecule has 2 aromatic carbocycles. The fourth-order valence-electron chi connectivity index (χ4n) is 3.17. The number of aromatic nitrogens is 2. The summed E-state index contributed by atoms with van der Waals surface area (Å²) < 4.78 is 6.77. The number of hydrogen-bond acceptors (Lipinski definition) is 5. The highest BCUT2D eigenvalue weighted by Gasteiger charge is 2.11. The molecular weight excluding hydrogens is 386 g/mol. The fraction of sp³-hybridized carbons (Fsp3) is 0.136. The number of thiophene rings is 1. The number of rotatable bonds is 6. The molecule has 0 atom stereocenters. The minimum absolute atomic E-state index is 0.0995. The van der Waals surface area contributed by atoms with Crippen molar-refractivity contribution < 1.29 is 9.53 Å². The van der Waals surface area contributed by atoms with E-state index in [9.17, 15) is 9.59 Å². The molecule has 0 saturated carbocycles. The van der Waals surface area contributed by atoms with Gasteiger partial charge in [0, 0.05) is 17.7 Å². The monoisotopic (exact) mass is 405 g/mol. The lowest BCUT2D eigenvalue weighted by atomic mass is 10.0. The lowest BCUT2D eigenvalue weighted by Gasteiger charge is -2.12. The number of carbonyl (C=O) groups is 1. The summed E-state index contributed by atoms with van der Waals surface area (Å²) >= 11 is 1.40. The number of nitrogens with one attached hydrogen (secondary N) is 1. The van der Waals surface area contributed by atoms with Gasteiger partial charge in [-0.2, -0.15) is 0 Å². The maximum atomic E-state index is 12.5. The van der Waals surface area contributed by atoms with E-state index in [-0.39, 0.29) is 18.0 Å². The van der Waals surface area contributed by atoms with Gasteiger partial charge in [-0.3, -0.25) is 14.2 Å². The van der Waals surface area contributed by atoms with Crippen LogP contribution in [0.1, 0.15) is 11.1 Å². The summed E-state index contributed by atoms with van der Waals surface area (Å²) in [6.45, 7) is -0.0995.